The van der Waals surface area contributed by atoms with Crippen molar-refractivity contribution in [3.63, 3.8) is 0 Å². The number of benzene rings is 1. The average molecular weight is 348 g/mol. The average Bonchev–Trinajstić information content (AvgIpc) is 3.46. The standard InChI is InChI=1S/C21H20N2O3/c24-21(23-18-11-14-5-6-17(18)22-14)20-8-7-19(26-20)16-4-2-1-3-15(16)13-9-10-25-12-13/h1-4,7-10,12,14,17-18,22H,5-6,11H2,(H,23,24). The fraction of sp³-hybridized carbons (Fsp3) is 0.286. The van der Waals surface area contributed by atoms with Crippen molar-refractivity contribution in [2.75, 3.05) is 0 Å². The second-order valence-corrected chi connectivity index (χ2v) is 7.08. The third-order valence-electron chi connectivity index (χ3n) is 5.47. The van der Waals surface area contributed by atoms with E-state index in [1.165, 1.54) is 6.42 Å². The number of hydrogen-bond donors (Lipinski definition) is 2. The summed E-state index contributed by atoms with van der Waals surface area (Å²) in [6.45, 7) is 0. The Labute approximate surface area is 151 Å². The monoisotopic (exact) mass is 348 g/mol. The first-order valence-corrected chi connectivity index (χ1v) is 9.06. The van der Waals surface area contributed by atoms with Gasteiger partial charge >= 0.3 is 0 Å². The van der Waals surface area contributed by atoms with Gasteiger partial charge in [-0.1, -0.05) is 24.3 Å². The first kappa shape index (κ1) is 15.5. The fourth-order valence-corrected chi connectivity index (χ4v) is 4.20. The molecule has 5 heteroatoms. The summed E-state index contributed by atoms with van der Waals surface area (Å²) in [5.74, 6) is 0.888. The van der Waals surface area contributed by atoms with Gasteiger partial charge in [0.05, 0.1) is 12.5 Å². The van der Waals surface area contributed by atoms with Gasteiger partial charge in [0.15, 0.2) is 5.76 Å². The highest BCUT2D eigenvalue weighted by Gasteiger charge is 2.40. The molecule has 132 valence electrons. The van der Waals surface area contributed by atoms with Gasteiger partial charge in [0, 0.05) is 29.3 Å². The van der Waals surface area contributed by atoms with Crippen LogP contribution in [0.5, 0.6) is 0 Å². The van der Waals surface area contributed by atoms with Crippen LogP contribution in [0.3, 0.4) is 0 Å². The van der Waals surface area contributed by atoms with Crippen LogP contribution in [-0.2, 0) is 0 Å². The van der Waals surface area contributed by atoms with Gasteiger partial charge in [0.25, 0.3) is 5.91 Å². The molecule has 0 saturated carbocycles. The lowest BCUT2D eigenvalue weighted by atomic mass is 9.95. The molecule has 4 heterocycles. The van der Waals surface area contributed by atoms with Crippen molar-refractivity contribution in [2.24, 2.45) is 0 Å². The molecular weight excluding hydrogens is 328 g/mol. The van der Waals surface area contributed by atoms with E-state index in [9.17, 15) is 4.79 Å². The summed E-state index contributed by atoms with van der Waals surface area (Å²) in [5.41, 5.74) is 2.94. The van der Waals surface area contributed by atoms with Crippen molar-refractivity contribution in [2.45, 2.75) is 37.4 Å². The van der Waals surface area contributed by atoms with E-state index in [1.54, 1.807) is 18.6 Å². The number of rotatable bonds is 4. The molecule has 2 bridgehead atoms. The van der Waals surface area contributed by atoms with Crippen LogP contribution < -0.4 is 10.6 Å². The molecule has 2 aliphatic heterocycles. The Balaban J connectivity index is 1.38. The van der Waals surface area contributed by atoms with Crippen molar-refractivity contribution >= 4 is 5.91 Å². The largest absolute Gasteiger partial charge is 0.472 e. The molecule has 0 spiro atoms. The Morgan fingerprint density at radius 3 is 2.69 bits per heavy atom. The smallest absolute Gasteiger partial charge is 0.287 e. The van der Waals surface area contributed by atoms with Crippen molar-refractivity contribution in [1.29, 1.82) is 0 Å². The second kappa shape index (κ2) is 6.18. The Kier molecular flexibility index (Phi) is 3.68. The maximum absolute atomic E-state index is 12.6. The summed E-state index contributed by atoms with van der Waals surface area (Å²) >= 11 is 0. The molecule has 2 N–H and O–H groups in total. The van der Waals surface area contributed by atoms with Gasteiger partial charge < -0.3 is 19.5 Å². The van der Waals surface area contributed by atoms with Crippen LogP contribution in [0.4, 0.5) is 0 Å². The van der Waals surface area contributed by atoms with Crippen LogP contribution in [0.1, 0.15) is 29.8 Å². The van der Waals surface area contributed by atoms with E-state index in [0.29, 0.717) is 23.6 Å². The SMILES string of the molecule is O=C(NC1CC2CCC1N2)c1ccc(-c2ccccc2-c2ccoc2)o1. The van der Waals surface area contributed by atoms with Gasteiger partial charge in [-0.25, -0.2) is 0 Å². The second-order valence-electron chi connectivity index (χ2n) is 7.08. The number of carbonyl (C=O) groups is 1. The van der Waals surface area contributed by atoms with E-state index in [-0.39, 0.29) is 11.9 Å². The fourth-order valence-electron chi connectivity index (χ4n) is 4.20. The van der Waals surface area contributed by atoms with Gasteiger partial charge in [-0.05, 0) is 43.0 Å². The van der Waals surface area contributed by atoms with E-state index >= 15 is 0 Å². The zero-order valence-electron chi connectivity index (χ0n) is 14.3. The van der Waals surface area contributed by atoms with E-state index in [0.717, 1.165) is 29.5 Å². The lowest BCUT2D eigenvalue weighted by Gasteiger charge is -2.20. The van der Waals surface area contributed by atoms with Crippen molar-refractivity contribution in [3.8, 4) is 22.5 Å². The maximum atomic E-state index is 12.6. The van der Waals surface area contributed by atoms with Gasteiger partial charge in [-0.15, -0.1) is 0 Å². The molecule has 1 amide bonds. The Morgan fingerprint density at radius 1 is 1.08 bits per heavy atom. The zero-order chi connectivity index (χ0) is 17.5. The Bertz CT molecular complexity index is 928. The van der Waals surface area contributed by atoms with Gasteiger partial charge in [-0.2, -0.15) is 0 Å². The van der Waals surface area contributed by atoms with E-state index in [1.807, 2.05) is 36.4 Å². The van der Waals surface area contributed by atoms with Crippen LogP contribution in [0.2, 0.25) is 0 Å². The highest BCUT2D eigenvalue weighted by Crippen LogP contribution is 2.33. The summed E-state index contributed by atoms with van der Waals surface area (Å²) in [5, 5.41) is 6.66. The van der Waals surface area contributed by atoms with Crippen molar-refractivity contribution in [3.05, 3.63) is 60.8 Å². The number of hydrogen-bond acceptors (Lipinski definition) is 4. The number of furan rings is 2. The molecule has 5 rings (SSSR count). The quantitative estimate of drug-likeness (QED) is 0.752. The molecule has 2 aliphatic rings. The molecule has 26 heavy (non-hydrogen) atoms. The van der Waals surface area contributed by atoms with Crippen LogP contribution >= 0.6 is 0 Å². The maximum Gasteiger partial charge on any atom is 0.287 e. The van der Waals surface area contributed by atoms with Crippen LogP contribution in [-0.4, -0.2) is 24.0 Å². The molecule has 3 unspecified atom stereocenters. The van der Waals surface area contributed by atoms with Crippen LogP contribution in [0.15, 0.2) is 63.8 Å². The Hall–Kier alpha value is -2.79. The molecule has 0 radical (unpaired) electrons. The summed E-state index contributed by atoms with van der Waals surface area (Å²) in [7, 11) is 0. The number of fused-ring (bicyclic) bond motifs is 2. The number of carbonyl (C=O) groups excluding carboxylic acids is 1. The molecule has 5 nitrogen and oxygen atoms in total. The molecule has 2 aromatic heterocycles. The molecular formula is C21H20N2O3. The third kappa shape index (κ3) is 2.65. The molecule has 2 fully saturated rings. The minimum atomic E-state index is -0.142. The number of nitrogens with one attached hydrogen (secondary N) is 2. The highest BCUT2D eigenvalue weighted by atomic mass is 16.4. The van der Waals surface area contributed by atoms with Crippen LogP contribution in [0, 0.1) is 0 Å². The van der Waals surface area contributed by atoms with Crippen molar-refractivity contribution in [1.82, 2.24) is 10.6 Å². The third-order valence-corrected chi connectivity index (χ3v) is 5.47. The molecule has 3 aromatic rings. The minimum absolute atomic E-state index is 0.142. The zero-order valence-corrected chi connectivity index (χ0v) is 14.3. The summed E-state index contributed by atoms with van der Waals surface area (Å²) in [4.78, 5) is 12.6. The Morgan fingerprint density at radius 2 is 1.96 bits per heavy atom. The lowest BCUT2D eigenvalue weighted by molar-refractivity contribution is 0.0903. The molecule has 2 saturated heterocycles. The molecule has 3 atom stereocenters. The predicted octanol–water partition coefficient (Wildman–Crippen LogP) is 3.83. The minimum Gasteiger partial charge on any atom is -0.472 e. The molecule has 0 aliphatic carbocycles. The lowest BCUT2D eigenvalue weighted by Crippen LogP contribution is -2.42. The van der Waals surface area contributed by atoms with E-state index in [4.69, 9.17) is 8.83 Å². The van der Waals surface area contributed by atoms with Gasteiger partial charge in [0.1, 0.15) is 5.76 Å². The summed E-state index contributed by atoms with van der Waals surface area (Å²) < 4.78 is 11.1. The summed E-state index contributed by atoms with van der Waals surface area (Å²) in [6, 6.07) is 14.6. The topological polar surface area (TPSA) is 67.4 Å². The van der Waals surface area contributed by atoms with E-state index < -0.39 is 0 Å². The van der Waals surface area contributed by atoms with Gasteiger partial charge in [-0.3, -0.25) is 4.79 Å². The van der Waals surface area contributed by atoms with E-state index in [2.05, 4.69) is 10.6 Å². The number of amides is 1. The van der Waals surface area contributed by atoms with Crippen LogP contribution in [0.25, 0.3) is 22.5 Å². The summed E-state index contributed by atoms with van der Waals surface area (Å²) in [6.07, 6.45) is 6.71. The molecule has 1 aromatic carbocycles. The first-order valence-electron chi connectivity index (χ1n) is 9.06. The van der Waals surface area contributed by atoms with Gasteiger partial charge in [0.2, 0.25) is 0 Å². The first-order chi connectivity index (χ1) is 12.8. The van der Waals surface area contributed by atoms with Crippen molar-refractivity contribution < 1.29 is 13.6 Å². The predicted molar refractivity (Wildman–Crippen MR) is 97.7 cm³/mol. The highest BCUT2D eigenvalue weighted by molar-refractivity contribution is 5.93. The normalized spacial score (nSPS) is 24.1.